The fourth-order valence-corrected chi connectivity index (χ4v) is 2.56. The Morgan fingerprint density at radius 3 is 2.71 bits per heavy atom. The summed E-state index contributed by atoms with van der Waals surface area (Å²) in [6.45, 7) is 7.01. The summed E-state index contributed by atoms with van der Waals surface area (Å²) in [6.07, 6.45) is 1.86. The fourth-order valence-electron chi connectivity index (χ4n) is 2.07. The standard InChI is InChI=1S/C12H18BrN3O/c1-10-2-3-14-12(11(10)13)16-6-4-15(5-7-16)8-9-17/h2-3,17H,4-9H2,1H3. The molecular weight excluding hydrogens is 282 g/mol. The van der Waals surface area contributed by atoms with Gasteiger partial charge < -0.3 is 10.0 Å². The average Bonchev–Trinajstić information content (AvgIpc) is 2.34. The highest BCUT2D eigenvalue weighted by Gasteiger charge is 2.19. The first kappa shape index (κ1) is 12.8. The third-order valence-electron chi connectivity index (χ3n) is 3.15. The molecule has 0 aliphatic carbocycles. The van der Waals surface area contributed by atoms with Gasteiger partial charge in [0, 0.05) is 38.9 Å². The Balaban J connectivity index is 2.03. The molecule has 1 saturated heterocycles. The number of pyridine rings is 1. The molecule has 1 N–H and O–H groups in total. The third kappa shape index (κ3) is 2.97. The Morgan fingerprint density at radius 2 is 2.06 bits per heavy atom. The highest BCUT2D eigenvalue weighted by atomic mass is 79.9. The van der Waals surface area contributed by atoms with Gasteiger partial charge in [0.1, 0.15) is 5.82 Å². The van der Waals surface area contributed by atoms with Crippen LogP contribution in [0.1, 0.15) is 5.56 Å². The zero-order chi connectivity index (χ0) is 12.3. The van der Waals surface area contributed by atoms with E-state index in [9.17, 15) is 0 Å². The summed E-state index contributed by atoms with van der Waals surface area (Å²) in [5, 5.41) is 8.91. The number of anilines is 1. The van der Waals surface area contributed by atoms with Gasteiger partial charge in [-0.2, -0.15) is 0 Å². The molecule has 1 fully saturated rings. The zero-order valence-electron chi connectivity index (χ0n) is 10.1. The van der Waals surface area contributed by atoms with Crippen molar-refractivity contribution in [2.75, 3.05) is 44.2 Å². The predicted molar refractivity (Wildman–Crippen MR) is 72.4 cm³/mol. The summed E-state index contributed by atoms with van der Waals surface area (Å²) in [5.74, 6) is 1.04. The molecule has 1 aliphatic heterocycles. The molecule has 0 radical (unpaired) electrons. The van der Waals surface area contributed by atoms with E-state index in [0.717, 1.165) is 43.0 Å². The smallest absolute Gasteiger partial charge is 0.143 e. The second kappa shape index (κ2) is 5.80. The van der Waals surface area contributed by atoms with Crippen LogP contribution in [0.2, 0.25) is 0 Å². The molecule has 0 amide bonds. The van der Waals surface area contributed by atoms with Crippen LogP contribution >= 0.6 is 15.9 Å². The Labute approximate surface area is 110 Å². The van der Waals surface area contributed by atoms with Gasteiger partial charge in [-0.3, -0.25) is 4.90 Å². The van der Waals surface area contributed by atoms with Gasteiger partial charge in [0.05, 0.1) is 11.1 Å². The van der Waals surface area contributed by atoms with Gasteiger partial charge >= 0.3 is 0 Å². The molecule has 1 aromatic rings. The predicted octanol–water partition coefficient (Wildman–Crippen LogP) is 1.27. The van der Waals surface area contributed by atoms with Crippen molar-refractivity contribution in [2.24, 2.45) is 0 Å². The van der Waals surface area contributed by atoms with E-state index in [1.165, 1.54) is 5.56 Å². The molecular formula is C12H18BrN3O. The number of piperazine rings is 1. The molecule has 1 aliphatic rings. The minimum absolute atomic E-state index is 0.242. The number of nitrogens with zero attached hydrogens (tertiary/aromatic N) is 3. The summed E-state index contributed by atoms with van der Waals surface area (Å²) in [6, 6.07) is 2.01. The highest BCUT2D eigenvalue weighted by molar-refractivity contribution is 9.10. The van der Waals surface area contributed by atoms with Crippen molar-refractivity contribution in [3.8, 4) is 0 Å². The van der Waals surface area contributed by atoms with Crippen LogP contribution in [0.4, 0.5) is 5.82 Å². The van der Waals surface area contributed by atoms with Gasteiger partial charge in [0.15, 0.2) is 0 Å². The largest absolute Gasteiger partial charge is 0.395 e. The van der Waals surface area contributed by atoms with E-state index in [-0.39, 0.29) is 6.61 Å². The van der Waals surface area contributed by atoms with Gasteiger partial charge in [-0.15, -0.1) is 0 Å². The molecule has 0 spiro atoms. The van der Waals surface area contributed by atoms with Gasteiger partial charge in [-0.25, -0.2) is 4.98 Å². The second-order valence-corrected chi connectivity index (χ2v) is 5.11. The van der Waals surface area contributed by atoms with Crippen LogP contribution in [0, 0.1) is 6.92 Å². The number of hydrogen-bond acceptors (Lipinski definition) is 4. The van der Waals surface area contributed by atoms with E-state index in [0.29, 0.717) is 0 Å². The number of β-amino-alcohol motifs (C(OH)–C–C–N with tert-alkyl or cyclic N) is 1. The molecule has 0 unspecified atom stereocenters. The van der Waals surface area contributed by atoms with E-state index >= 15 is 0 Å². The second-order valence-electron chi connectivity index (χ2n) is 4.32. The van der Waals surface area contributed by atoms with Crippen LogP contribution < -0.4 is 4.90 Å². The Morgan fingerprint density at radius 1 is 1.35 bits per heavy atom. The zero-order valence-corrected chi connectivity index (χ0v) is 11.7. The molecule has 2 rings (SSSR count). The topological polar surface area (TPSA) is 39.6 Å². The Bertz CT molecular complexity index is 378. The Kier molecular flexibility index (Phi) is 4.36. The lowest BCUT2D eigenvalue weighted by molar-refractivity contribution is 0.188. The summed E-state index contributed by atoms with van der Waals surface area (Å²) in [5.41, 5.74) is 1.22. The number of aromatic nitrogens is 1. The van der Waals surface area contributed by atoms with Crippen molar-refractivity contribution in [3.63, 3.8) is 0 Å². The van der Waals surface area contributed by atoms with E-state index in [1.807, 2.05) is 12.3 Å². The summed E-state index contributed by atoms with van der Waals surface area (Å²) >= 11 is 3.60. The highest BCUT2D eigenvalue weighted by Crippen LogP contribution is 2.27. The van der Waals surface area contributed by atoms with E-state index in [2.05, 4.69) is 37.6 Å². The number of aliphatic hydroxyl groups is 1. The first-order valence-corrected chi connectivity index (χ1v) is 6.71. The molecule has 5 heteroatoms. The normalized spacial score (nSPS) is 17.5. The fraction of sp³-hybridized carbons (Fsp3) is 0.583. The summed E-state index contributed by atoms with van der Waals surface area (Å²) in [4.78, 5) is 9.02. The van der Waals surface area contributed by atoms with Crippen LogP contribution in [0.15, 0.2) is 16.7 Å². The van der Waals surface area contributed by atoms with E-state index < -0.39 is 0 Å². The number of aryl methyl sites for hydroxylation is 1. The van der Waals surface area contributed by atoms with Gasteiger partial charge in [0.25, 0.3) is 0 Å². The van der Waals surface area contributed by atoms with Crippen molar-refractivity contribution >= 4 is 21.7 Å². The summed E-state index contributed by atoms with van der Waals surface area (Å²) < 4.78 is 1.09. The van der Waals surface area contributed by atoms with Crippen molar-refractivity contribution in [1.29, 1.82) is 0 Å². The van der Waals surface area contributed by atoms with Crippen molar-refractivity contribution in [3.05, 3.63) is 22.3 Å². The Hall–Kier alpha value is -0.650. The monoisotopic (exact) mass is 299 g/mol. The first-order valence-electron chi connectivity index (χ1n) is 5.91. The molecule has 0 aromatic carbocycles. The number of rotatable bonds is 3. The van der Waals surface area contributed by atoms with Crippen LogP contribution in [0.5, 0.6) is 0 Å². The number of hydrogen-bond donors (Lipinski definition) is 1. The van der Waals surface area contributed by atoms with Crippen LogP contribution in [0.25, 0.3) is 0 Å². The molecule has 0 bridgehead atoms. The van der Waals surface area contributed by atoms with Crippen LogP contribution in [-0.4, -0.2) is 54.3 Å². The van der Waals surface area contributed by atoms with Crippen LogP contribution in [-0.2, 0) is 0 Å². The molecule has 1 aromatic heterocycles. The SMILES string of the molecule is Cc1ccnc(N2CCN(CCO)CC2)c1Br. The molecule has 0 atom stereocenters. The maximum absolute atomic E-state index is 8.91. The molecule has 0 saturated carbocycles. The van der Waals surface area contributed by atoms with E-state index in [1.54, 1.807) is 0 Å². The number of halogens is 1. The summed E-state index contributed by atoms with van der Waals surface area (Å²) in [7, 11) is 0. The molecule has 17 heavy (non-hydrogen) atoms. The molecule has 4 nitrogen and oxygen atoms in total. The quantitative estimate of drug-likeness (QED) is 0.912. The lowest BCUT2D eigenvalue weighted by Gasteiger charge is -2.35. The maximum Gasteiger partial charge on any atom is 0.143 e. The number of aliphatic hydroxyl groups excluding tert-OH is 1. The van der Waals surface area contributed by atoms with Crippen molar-refractivity contribution < 1.29 is 5.11 Å². The first-order chi connectivity index (χ1) is 8.22. The van der Waals surface area contributed by atoms with Gasteiger partial charge in [-0.1, -0.05) is 0 Å². The lowest BCUT2D eigenvalue weighted by atomic mass is 10.2. The third-order valence-corrected chi connectivity index (χ3v) is 4.13. The van der Waals surface area contributed by atoms with E-state index in [4.69, 9.17) is 5.11 Å². The van der Waals surface area contributed by atoms with Gasteiger partial charge in [-0.05, 0) is 34.5 Å². The molecule has 2 heterocycles. The van der Waals surface area contributed by atoms with Crippen molar-refractivity contribution in [2.45, 2.75) is 6.92 Å². The van der Waals surface area contributed by atoms with Crippen molar-refractivity contribution in [1.82, 2.24) is 9.88 Å². The minimum atomic E-state index is 0.242. The minimum Gasteiger partial charge on any atom is -0.395 e. The lowest BCUT2D eigenvalue weighted by Crippen LogP contribution is -2.47. The average molecular weight is 300 g/mol. The van der Waals surface area contributed by atoms with Crippen LogP contribution in [0.3, 0.4) is 0 Å². The maximum atomic E-state index is 8.91. The molecule has 94 valence electrons. The van der Waals surface area contributed by atoms with Gasteiger partial charge in [0.2, 0.25) is 0 Å².